The van der Waals surface area contributed by atoms with Crippen LogP contribution in [0.2, 0.25) is 0 Å². The zero-order valence-electron chi connectivity index (χ0n) is 15.3. The molecule has 0 saturated carbocycles. The van der Waals surface area contributed by atoms with E-state index in [0.29, 0.717) is 18.5 Å². The number of hydrogen-bond acceptors (Lipinski definition) is 4. The molecule has 5 nitrogen and oxygen atoms in total. The fraction of sp³-hybridized carbons (Fsp3) is 0.737. The van der Waals surface area contributed by atoms with Crippen molar-refractivity contribution in [1.82, 2.24) is 14.7 Å². The van der Waals surface area contributed by atoms with Gasteiger partial charge in [-0.3, -0.25) is 14.6 Å². The first-order chi connectivity index (χ1) is 11.5. The number of likely N-dealkylation sites (N-methyl/N-ethyl adjacent to an activating group) is 1. The summed E-state index contributed by atoms with van der Waals surface area (Å²) in [6, 6.07) is 4.80. The number of aryl methyl sites for hydroxylation is 1. The van der Waals surface area contributed by atoms with Crippen LogP contribution in [0.25, 0.3) is 0 Å². The summed E-state index contributed by atoms with van der Waals surface area (Å²) in [6.07, 6.45) is 4.66. The summed E-state index contributed by atoms with van der Waals surface area (Å²) in [5.74, 6) is 3.06. The lowest BCUT2D eigenvalue weighted by Crippen LogP contribution is -2.44. The van der Waals surface area contributed by atoms with Crippen molar-refractivity contribution in [2.75, 3.05) is 40.3 Å². The molecule has 3 aliphatic heterocycles. The Hall–Kier alpha value is -1.33. The van der Waals surface area contributed by atoms with E-state index >= 15 is 0 Å². The SMILES string of the molecule is CCCc1ccc(CN2C[C@H]3CC[C@@H]2CN(CC(=O)N(C)C)C3)o1. The van der Waals surface area contributed by atoms with E-state index in [0.717, 1.165) is 50.5 Å². The zero-order chi connectivity index (χ0) is 17.1. The molecule has 0 radical (unpaired) electrons. The molecule has 1 aromatic heterocycles. The molecule has 134 valence electrons. The van der Waals surface area contributed by atoms with E-state index < -0.39 is 0 Å². The molecule has 0 spiro atoms. The first-order valence-corrected chi connectivity index (χ1v) is 9.29. The highest BCUT2D eigenvalue weighted by Crippen LogP contribution is 2.29. The minimum Gasteiger partial charge on any atom is -0.465 e. The van der Waals surface area contributed by atoms with Crippen LogP contribution in [-0.2, 0) is 17.8 Å². The Balaban J connectivity index is 1.61. The van der Waals surface area contributed by atoms with Gasteiger partial charge in [-0.05, 0) is 37.3 Å². The van der Waals surface area contributed by atoms with Crippen molar-refractivity contribution in [3.8, 4) is 0 Å². The van der Waals surface area contributed by atoms with Gasteiger partial charge in [0.1, 0.15) is 11.5 Å². The molecule has 0 unspecified atom stereocenters. The van der Waals surface area contributed by atoms with E-state index in [4.69, 9.17) is 4.42 Å². The Morgan fingerprint density at radius 2 is 2.00 bits per heavy atom. The van der Waals surface area contributed by atoms with Gasteiger partial charge in [-0.1, -0.05) is 6.92 Å². The fourth-order valence-electron chi connectivity index (χ4n) is 4.02. The number of piperidine rings is 1. The van der Waals surface area contributed by atoms with Crippen molar-refractivity contribution >= 4 is 5.91 Å². The maximum absolute atomic E-state index is 12.0. The van der Waals surface area contributed by atoms with Crippen LogP contribution in [0.3, 0.4) is 0 Å². The number of fused-ring (bicyclic) bond motifs is 4. The molecule has 4 heterocycles. The summed E-state index contributed by atoms with van der Waals surface area (Å²) in [6.45, 7) is 6.81. The minimum absolute atomic E-state index is 0.207. The Bertz CT molecular complexity index is 555. The Morgan fingerprint density at radius 1 is 1.21 bits per heavy atom. The Morgan fingerprint density at radius 3 is 2.75 bits per heavy atom. The molecule has 3 fully saturated rings. The molecule has 0 aliphatic carbocycles. The van der Waals surface area contributed by atoms with Crippen LogP contribution < -0.4 is 0 Å². The monoisotopic (exact) mass is 333 g/mol. The molecule has 2 bridgehead atoms. The molecule has 3 saturated heterocycles. The van der Waals surface area contributed by atoms with Gasteiger partial charge >= 0.3 is 0 Å². The van der Waals surface area contributed by atoms with E-state index in [-0.39, 0.29) is 5.91 Å². The van der Waals surface area contributed by atoms with Gasteiger partial charge in [-0.25, -0.2) is 0 Å². The second-order valence-corrected chi connectivity index (χ2v) is 7.63. The Kier molecular flexibility index (Phi) is 5.61. The largest absolute Gasteiger partial charge is 0.465 e. The number of nitrogens with zero attached hydrogens (tertiary/aromatic N) is 3. The molecule has 0 N–H and O–H groups in total. The predicted octanol–water partition coefficient (Wildman–Crippen LogP) is 2.22. The molecular weight excluding hydrogens is 302 g/mol. The van der Waals surface area contributed by atoms with Crippen molar-refractivity contribution < 1.29 is 9.21 Å². The van der Waals surface area contributed by atoms with Gasteiger partial charge in [0.2, 0.25) is 5.91 Å². The summed E-state index contributed by atoms with van der Waals surface area (Å²) in [5.41, 5.74) is 0. The van der Waals surface area contributed by atoms with E-state index in [1.165, 1.54) is 12.8 Å². The van der Waals surface area contributed by atoms with Crippen LogP contribution in [0.4, 0.5) is 0 Å². The van der Waals surface area contributed by atoms with Gasteiger partial charge in [0, 0.05) is 46.2 Å². The van der Waals surface area contributed by atoms with Crippen molar-refractivity contribution in [3.63, 3.8) is 0 Å². The second kappa shape index (κ2) is 7.70. The van der Waals surface area contributed by atoms with Gasteiger partial charge in [0.05, 0.1) is 13.1 Å². The molecular formula is C19H31N3O2. The number of furan rings is 1. The van der Waals surface area contributed by atoms with E-state index in [2.05, 4.69) is 28.9 Å². The number of carbonyl (C=O) groups excluding carboxylic acids is 1. The summed E-state index contributed by atoms with van der Waals surface area (Å²) >= 11 is 0. The third-order valence-corrected chi connectivity index (χ3v) is 5.33. The maximum Gasteiger partial charge on any atom is 0.236 e. The smallest absolute Gasteiger partial charge is 0.236 e. The molecule has 5 heteroatoms. The van der Waals surface area contributed by atoms with Crippen LogP contribution in [-0.4, -0.2) is 66.9 Å². The Labute approximate surface area is 145 Å². The number of amides is 1. The average Bonchev–Trinajstić information content (AvgIpc) is 2.79. The van der Waals surface area contributed by atoms with E-state index in [1.807, 2.05) is 14.1 Å². The van der Waals surface area contributed by atoms with E-state index in [1.54, 1.807) is 4.90 Å². The molecule has 24 heavy (non-hydrogen) atoms. The topological polar surface area (TPSA) is 39.9 Å². The number of hydrogen-bond donors (Lipinski definition) is 0. The van der Waals surface area contributed by atoms with Crippen LogP contribution in [0, 0.1) is 5.92 Å². The number of rotatable bonds is 6. The summed E-state index contributed by atoms with van der Waals surface area (Å²) in [4.78, 5) is 18.7. The van der Waals surface area contributed by atoms with Gasteiger partial charge < -0.3 is 9.32 Å². The summed E-state index contributed by atoms with van der Waals surface area (Å²) in [7, 11) is 3.68. The van der Waals surface area contributed by atoms with Crippen molar-refractivity contribution in [2.45, 2.75) is 45.2 Å². The second-order valence-electron chi connectivity index (χ2n) is 7.63. The molecule has 3 aliphatic rings. The van der Waals surface area contributed by atoms with Crippen LogP contribution in [0.1, 0.15) is 37.7 Å². The summed E-state index contributed by atoms with van der Waals surface area (Å²) < 4.78 is 5.98. The standard InChI is InChI=1S/C19H31N3O2/c1-4-5-17-8-9-18(24-17)13-22-11-15-6-7-16(22)12-21(10-15)14-19(23)20(2)3/h8-9,15-16H,4-7,10-14H2,1-3H3/t15-,16+/m0/s1. The molecule has 2 atom stereocenters. The minimum atomic E-state index is 0.207. The van der Waals surface area contributed by atoms with Crippen LogP contribution >= 0.6 is 0 Å². The third kappa shape index (κ3) is 4.19. The highest BCUT2D eigenvalue weighted by atomic mass is 16.3. The average molecular weight is 333 g/mol. The lowest BCUT2D eigenvalue weighted by Gasteiger charge is -2.35. The summed E-state index contributed by atoms with van der Waals surface area (Å²) in [5, 5.41) is 0. The van der Waals surface area contributed by atoms with Crippen LogP contribution in [0.5, 0.6) is 0 Å². The normalized spacial score (nSPS) is 25.0. The lowest BCUT2D eigenvalue weighted by molar-refractivity contribution is -0.130. The molecule has 0 aromatic carbocycles. The molecule has 1 aromatic rings. The van der Waals surface area contributed by atoms with Crippen molar-refractivity contribution in [2.24, 2.45) is 5.92 Å². The molecule has 1 amide bonds. The highest BCUT2D eigenvalue weighted by Gasteiger charge is 2.35. The molecule has 4 rings (SSSR count). The van der Waals surface area contributed by atoms with Gasteiger partial charge in [-0.2, -0.15) is 0 Å². The van der Waals surface area contributed by atoms with Gasteiger partial charge in [0.25, 0.3) is 0 Å². The quantitative estimate of drug-likeness (QED) is 0.800. The fourth-order valence-corrected chi connectivity index (χ4v) is 4.02. The zero-order valence-corrected chi connectivity index (χ0v) is 15.3. The first kappa shape index (κ1) is 17.5. The predicted molar refractivity (Wildman–Crippen MR) is 94.8 cm³/mol. The van der Waals surface area contributed by atoms with Gasteiger partial charge in [0.15, 0.2) is 0 Å². The lowest BCUT2D eigenvalue weighted by atomic mass is 9.95. The van der Waals surface area contributed by atoms with Crippen molar-refractivity contribution in [3.05, 3.63) is 23.7 Å². The highest BCUT2D eigenvalue weighted by molar-refractivity contribution is 5.77. The van der Waals surface area contributed by atoms with E-state index in [9.17, 15) is 4.79 Å². The first-order valence-electron chi connectivity index (χ1n) is 9.29. The third-order valence-electron chi connectivity index (χ3n) is 5.33. The maximum atomic E-state index is 12.0. The van der Waals surface area contributed by atoms with Crippen LogP contribution in [0.15, 0.2) is 16.5 Å². The number of carbonyl (C=O) groups is 1. The van der Waals surface area contributed by atoms with Gasteiger partial charge in [-0.15, -0.1) is 0 Å². The van der Waals surface area contributed by atoms with Crippen molar-refractivity contribution in [1.29, 1.82) is 0 Å².